The number of ether oxygens (including phenoxy) is 2. The summed E-state index contributed by atoms with van der Waals surface area (Å²) in [5, 5.41) is 4.97. The number of para-hydroxylation sites is 1. The van der Waals surface area contributed by atoms with Gasteiger partial charge in [-0.2, -0.15) is 0 Å². The molecule has 3 amide bonds. The molecule has 0 unspecified atom stereocenters. The number of aryl methyl sites for hydroxylation is 1. The van der Waals surface area contributed by atoms with E-state index in [1.807, 2.05) is 0 Å². The van der Waals surface area contributed by atoms with E-state index in [0.29, 0.717) is 22.3 Å². The second-order valence-corrected chi connectivity index (χ2v) is 6.40. The first-order valence-corrected chi connectivity index (χ1v) is 9.31. The molecule has 10 nitrogen and oxygen atoms in total. The SMILES string of the molecule is COc1ccc(NC(=O)NC(=O)COC(=O)CCn2cnc3ccccc3c2=O)cc1. The van der Waals surface area contributed by atoms with Gasteiger partial charge in [-0.15, -0.1) is 0 Å². The van der Waals surface area contributed by atoms with Gasteiger partial charge in [0.15, 0.2) is 6.61 Å². The number of imide groups is 1. The summed E-state index contributed by atoms with van der Waals surface area (Å²) in [6, 6.07) is 12.6. The largest absolute Gasteiger partial charge is 0.497 e. The van der Waals surface area contributed by atoms with Crippen LogP contribution >= 0.6 is 0 Å². The molecule has 3 rings (SSSR count). The van der Waals surface area contributed by atoms with Crippen molar-refractivity contribution in [2.75, 3.05) is 19.0 Å². The van der Waals surface area contributed by atoms with Crippen LogP contribution in [0.3, 0.4) is 0 Å². The standard InChI is InChI=1S/C21H20N4O6/c1-30-15-8-6-14(7-9-15)23-21(29)24-18(26)12-31-19(27)10-11-25-13-22-17-5-3-2-4-16(17)20(25)28/h2-9,13H,10-12H2,1H3,(H2,23,24,26,29). The van der Waals surface area contributed by atoms with E-state index in [4.69, 9.17) is 9.47 Å². The molecule has 0 bridgehead atoms. The maximum absolute atomic E-state index is 12.4. The average Bonchev–Trinajstić information content (AvgIpc) is 2.78. The van der Waals surface area contributed by atoms with Crippen LogP contribution in [-0.2, 0) is 20.9 Å². The first-order valence-electron chi connectivity index (χ1n) is 9.31. The fourth-order valence-electron chi connectivity index (χ4n) is 2.69. The number of methoxy groups -OCH3 is 1. The summed E-state index contributed by atoms with van der Waals surface area (Å²) in [4.78, 5) is 52.0. The third-order valence-electron chi connectivity index (χ3n) is 4.25. The lowest BCUT2D eigenvalue weighted by Crippen LogP contribution is -2.37. The van der Waals surface area contributed by atoms with Crippen LogP contribution in [0, 0.1) is 0 Å². The zero-order valence-corrected chi connectivity index (χ0v) is 16.7. The Balaban J connectivity index is 1.42. The van der Waals surface area contributed by atoms with E-state index in [2.05, 4.69) is 15.6 Å². The Morgan fingerprint density at radius 3 is 2.55 bits per heavy atom. The number of esters is 1. The van der Waals surface area contributed by atoms with Crippen molar-refractivity contribution in [3.05, 3.63) is 65.2 Å². The van der Waals surface area contributed by atoms with Crippen LogP contribution in [0.4, 0.5) is 10.5 Å². The summed E-state index contributed by atoms with van der Waals surface area (Å²) < 4.78 is 11.2. The highest BCUT2D eigenvalue weighted by Crippen LogP contribution is 2.14. The minimum atomic E-state index is -0.788. The molecule has 2 N–H and O–H groups in total. The van der Waals surface area contributed by atoms with Crippen molar-refractivity contribution < 1.29 is 23.9 Å². The van der Waals surface area contributed by atoms with Crippen molar-refractivity contribution in [3.63, 3.8) is 0 Å². The fourth-order valence-corrected chi connectivity index (χ4v) is 2.69. The van der Waals surface area contributed by atoms with Crippen LogP contribution in [0.5, 0.6) is 5.75 Å². The predicted molar refractivity (Wildman–Crippen MR) is 112 cm³/mol. The van der Waals surface area contributed by atoms with Crippen molar-refractivity contribution >= 4 is 34.5 Å². The van der Waals surface area contributed by atoms with Gasteiger partial charge in [-0.05, 0) is 36.4 Å². The number of benzene rings is 2. The van der Waals surface area contributed by atoms with Crippen LogP contribution in [0.2, 0.25) is 0 Å². The zero-order valence-electron chi connectivity index (χ0n) is 16.7. The van der Waals surface area contributed by atoms with Crippen molar-refractivity contribution in [2.24, 2.45) is 0 Å². The van der Waals surface area contributed by atoms with Gasteiger partial charge in [0.05, 0.1) is 30.8 Å². The molecule has 0 radical (unpaired) electrons. The highest BCUT2D eigenvalue weighted by atomic mass is 16.5. The van der Waals surface area contributed by atoms with Crippen molar-refractivity contribution in [3.8, 4) is 5.75 Å². The summed E-state index contributed by atoms with van der Waals surface area (Å²) in [5.41, 5.74) is 0.750. The molecule has 0 saturated heterocycles. The van der Waals surface area contributed by atoms with Crippen LogP contribution in [0.1, 0.15) is 6.42 Å². The topological polar surface area (TPSA) is 129 Å². The number of aromatic nitrogens is 2. The van der Waals surface area contributed by atoms with Crippen molar-refractivity contribution in [1.82, 2.24) is 14.9 Å². The number of hydrogen-bond donors (Lipinski definition) is 2. The highest BCUT2D eigenvalue weighted by Gasteiger charge is 2.12. The lowest BCUT2D eigenvalue weighted by Gasteiger charge is -2.09. The Kier molecular flexibility index (Phi) is 6.94. The molecule has 1 heterocycles. The number of amides is 3. The van der Waals surface area contributed by atoms with Gasteiger partial charge in [-0.3, -0.25) is 24.3 Å². The van der Waals surface area contributed by atoms with E-state index in [9.17, 15) is 19.2 Å². The summed E-state index contributed by atoms with van der Waals surface area (Å²) in [5.74, 6) is -0.856. The molecular weight excluding hydrogens is 404 g/mol. The maximum atomic E-state index is 12.4. The first-order chi connectivity index (χ1) is 15.0. The average molecular weight is 424 g/mol. The molecule has 160 valence electrons. The van der Waals surface area contributed by atoms with Gasteiger partial charge in [-0.1, -0.05) is 12.1 Å². The number of nitrogens with zero attached hydrogens (tertiary/aromatic N) is 2. The Morgan fingerprint density at radius 2 is 1.81 bits per heavy atom. The molecule has 2 aromatic carbocycles. The van der Waals surface area contributed by atoms with Crippen molar-refractivity contribution in [1.29, 1.82) is 0 Å². The number of hydrogen-bond acceptors (Lipinski definition) is 7. The molecule has 0 aliphatic heterocycles. The summed E-state index contributed by atoms with van der Waals surface area (Å²) >= 11 is 0. The molecule has 0 saturated carbocycles. The number of carbonyl (C=O) groups is 3. The van der Waals surface area contributed by atoms with Gasteiger partial charge in [0, 0.05) is 12.2 Å². The molecule has 0 aliphatic carbocycles. The molecule has 3 aromatic rings. The number of urea groups is 1. The van der Waals surface area contributed by atoms with Gasteiger partial charge >= 0.3 is 12.0 Å². The van der Waals surface area contributed by atoms with Gasteiger partial charge in [0.1, 0.15) is 5.75 Å². The number of fused-ring (bicyclic) bond motifs is 1. The lowest BCUT2D eigenvalue weighted by atomic mass is 10.2. The molecule has 0 fully saturated rings. The summed E-state index contributed by atoms with van der Waals surface area (Å²) in [6.45, 7) is -0.575. The molecular formula is C21H20N4O6. The smallest absolute Gasteiger partial charge is 0.325 e. The van der Waals surface area contributed by atoms with E-state index in [-0.39, 0.29) is 18.5 Å². The summed E-state index contributed by atoms with van der Waals surface area (Å²) in [6.07, 6.45) is 1.22. The second kappa shape index (κ2) is 10.0. The Labute approximate surface area is 176 Å². The number of rotatable bonds is 7. The molecule has 10 heteroatoms. The predicted octanol–water partition coefficient (Wildman–Crippen LogP) is 1.69. The van der Waals surface area contributed by atoms with Gasteiger partial charge < -0.3 is 14.8 Å². The van der Waals surface area contributed by atoms with Crippen molar-refractivity contribution in [2.45, 2.75) is 13.0 Å². The van der Waals surface area contributed by atoms with E-state index >= 15 is 0 Å². The third kappa shape index (κ3) is 5.89. The quantitative estimate of drug-likeness (QED) is 0.552. The van der Waals surface area contributed by atoms with Crippen LogP contribution in [-0.4, -0.2) is 41.2 Å². The normalized spacial score (nSPS) is 10.4. The second-order valence-electron chi connectivity index (χ2n) is 6.40. The third-order valence-corrected chi connectivity index (χ3v) is 4.25. The number of anilines is 1. The Bertz CT molecular complexity index is 1160. The minimum absolute atomic E-state index is 0.0507. The minimum Gasteiger partial charge on any atom is -0.497 e. The Hall–Kier alpha value is -4.21. The van der Waals surface area contributed by atoms with Crippen LogP contribution < -0.4 is 20.9 Å². The van der Waals surface area contributed by atoms with Gasteiger partial charge in [-0.25, -0.2) is 9.78 Å². The van der Waals surface area contributed by atoms with E-state index in [1.165, 1.54) is 18.0 Å². The summed E-state index contributed by atoms with van der Waals surface area (Å²) in [7, 11) is 1.52. The van der Waals surface area contributed by atoms with E-state index in [1.54, 1.807) is 48.5 Å². The number of nitrogens with one attached hydrogen (secondary N) is 2. The Morgan fingerprint density at radius 1 is 1.06 bits per heavy atom. The maximum Gasteiger partial charge on any atom is 0.325 e. The molecule has 0 atom stereocenters. The molecule has 1 aromatic heterocycles. The van der Waals surface area contributed by atoms with Gasteiger partial charge in [0.2, 0.25) is 0 Å². The molecule has 0 spiro atoms. The monoisotopic (exact) mass is 424 g/mol. The van der Waals surface area contributed by atoms with Crippen LogP contribution in [0.15, 0.2) is 59.7 Å². The first kappa shape index (κ1) is 21.5. The fraction of sp³-hybridized carbons (Fsp3) is 0.190. The van der Waals surface area contributed by atoms with Crippen LogP contribution in [0.25, 0.3) is 10.9 Å². The zero-order chi connectivity index (χ0) is 22.2. The molecule has 0 aliphatic rings. The number of carbonyl (C=O) groups excluding carboxylic acids is 3. The highest BCUT2D eigenvalue weighted by molar-refractivity contribution is 6.01. The van der Waals surface area contributed by atoms with E-state index in [0.717, 1.165) is 0 Å². The lowest BCUT2D eigenvalue weighted by molar-refractivity contribution is -0.148. The molecule has 31 heavy (non-hydrogen) atoms. The van der Waals surface area contributed by atoms with Gasteiger partial charge in [0.25, 0.3) is 11.5 Å². The van der Waals surface area contributed by atoms with E-state index < -0.39 is 24.5 Å².